The molecule has 4 rings (SSSR count). The highest BCUT2D eigenvalue weighted by molar-refractivity contribution is 5.85. The van der Waals surface area contributed by atoms with Gasteiger partial charge < -0.3 is 0 Å². The van der Waals surface area contributed by atoms with Crippen LogP contribution in [0.3, 0.4) is 0 Å². The first-order valence-electron chi connectivity index (χ1n) is 9.55. The second-order valence-electron chi connectivity index (χ2n) is 7.64. The normalized spacial score (nSPS) is 16.1. The largest absolute Gasteiger partial charge is 0.298 e. The first kappa shape index (κ1) is 17.8. The molecule has 3 aromatic rings. The molecule has 1 aliphatic rings. The number of piperidine rings is 1. The minimum atomic E-state index is 0.222. The van der Waals surface area contributed by atoms with Crippen LogP contribution in [0.25, 0.3) is 22.2 Å². The molecule has 0 bridgehead atoms. The number of hydrogen-bond acceptors (Lipinski definition) is 5. The summed E-state index contributed by atoms with van der Waals surface area (Å²) in [4.78, 5) is 23.9. The Labute approximate surface area is 159 Å². The summed E-state index contributed by atoms with van der Waals surface area (Å²) in [6, 6.07) is 5.92. The van der Waals surface area contributed by atoms with Crippen molar-refractivity contribution in [3.63, 3.8) is 0 Å². The highest BCUT2D eigenvalue weighted by Gasteiger charge is 2.18. The predicted octanol–water partition coefficient (Wildman–Crippen LogP) is 2.87. The minimum absolute atomic E-state index is 0.222. The van der Waals surface area contributed by atoms with E-state index < -0.39 is 0 Å². The quantitative estimate of drug-likeness (QED) is 0.697. The summed E-state index contributed by atoms with van der Waals surface area (Å²) in [7, 11) is 1.89. The summed E-state index contributed by atoms with van der Waals surface area (Å²) in [5.74, 6) is 0.999. The molecule has 0 atom stereocenters. The molecule has 4 heterocycles. The van der Waals surface area contributed by atoms with Crippen molar-refractivity contribution in [3.05, 3.63) is 42.5 Å². The smallest absolute Gasteiger partial charge is 0.152 e. The summed E-state index contributed by atoms with van der Waals surface area (Å²) >= 11 is 0. The number of fused-ring (bicyclic) bond motifs is 1. The number of pyridine rings is 2. The Bertz CT molecular complexity index is 956. The van der Waals surface area contributed by atoms with Crippen LogP contribution in [0.2, 0.25) is 0 Å². The molecular weight excluding hydrogens is 338 g/mol. The van der Waals surface area contributed by atoms with Crippen molar-refractivity contribution in [2.45, 2.75) is 26.2 Å². The molecule has 0 N–H and O–H groups in total. The van der Waals surface area contributed by atoms with E-state index in [2.05, 4.69) is 21.9 Å². The number of carbonyl (C=O) groups excluding carboxylic acids is 1. The van der Waals surface area contributed by atoms with Crippen molar-refractivity contribution in [1.82, 2.24) is 24.6 Å². The fraction of sp³-hybridized carbons (Fsp3) is 0.429. The molecule has 0 spiro atoms. The van der Waals surface area contributed by atoms with Crippen molar-refractivity contribution < 1.29 is 4.79 Å². The van der Waals surface area contributed by atoms with Gasteiger partial charge in [-0.1, -0.05) is 6.92 Å². The van der Waals surface area contributed by atoms with E-state index in [0.29, 0.717) is 13.0 Å². The number of nitrogens with zero attached hydrogens (tertiary/aromatic N) is 5. The van der Waals surface area contributed by atoms with Gasteiger partial charge in [0.1, 0.15) is 0 Å². The SMILES string of the molecule is CC1CCN(CC(=O)Cc2cc3nc(-c4cnn(C)c4)ccc3cn2)CC1. The molecule has 3 aromatic heterocycles. The summed E-state index contributed by atoms with van der Waals surface area (Å²) in [5.41, 5.74) is 3.50. The van der Waals surface area contributed by atoms with Gasteiger partial charge in [-0.05, 0) is 50.0 Å². The van der Waals surface area contributed by atoms with E-state index >= 15 is 0 Å². The third kappa shape index (κ3) is 4.22. The zero-order valence-electron chi connectivity index (χ0n) is 15.9. The van der Waals surface area contributed by atoms with Gasteiger partial charge in [-0.25, -0.2) is 4.98 Å². The minimum Gasteiger partial charge on any atom is -0.298 e. The highest BCUT2D eigenvalue weighted by Crippen LogP contribution is 2.21. The Morgan fingerprint density at radius 3 is 2.78 bits per heavy atom. The Morgan fingerprint density at radius 1 is 1.22 bits per heavy atom. The third-order valence-corrected chi connectivity index (χ3v) is 5.29. The Balaban J connectivity index is 1.48. The van der Waals surface area contributed by atoms with Gasteiger partial charge in [-0.3, -0.25) is 19.4 Å². The molecule has 0 aromatic carbocycles. The molecule has 140 valence electrons. The molecule has 6 heteroatoms. The fourth-order valence-corrected chi connectivity index (χ4v) is 3.60. The molecule has 0 unspecified atom stereocenters. The lowest BCUT2D eigenvalue weighted by Gasteiger charge is -2.29. The van der Waals surface area contributed by atoms with Crippen LogP contribution >= 0.6 is 0 Å². The van der Waals surface area contributed by atoms with Gasteiger partial charge in [0.25, 0.3) is 0 Å². The van der Waals surface area contributed by atoms with Gasteiger partial charge in [-0.15, -0.1) is 0 Å². The van der Waals surface area contributed by atoms with E-state index in [9.17, 15) is 4.79 Å². The van der Waals surface area contributed by atoms with Crippen LogP contribution < -0.4 is 0 Å². The Kier molecular flexibility index (Phi) is 4.99. The maximum atomic E-state index is 12.5. The van der Waals surface area contributed by atoms with Crippen LogP contribution in [-0.2, 0) is 18.3 Å². The van der Waals surface area contributed by atoms with Crippen molar-refractivity contribution in [3.8, 4) is 11.3 Å². The van der Waals surface area contributed by atoms with Crippen molar-refractivity contribution in [2.24, 2.45) is 13.0 Å². The molecule has 6 nitrogen and oxygen atoms in total. The lowest BCUT2D eigenvalue weighted by molar-refractivity contribution is -0.119. The standard InChI is InChI=1S/C21H25N5O/c1-15-5-7-26(8-6-15)14-19(27)9-18-10-21-16(11-22-18)3-4-20(24-21)17-12-23-25(2)13-17/h3-4,10-13,15H,5-9,14H2,1-2H3. The maximum absolute atomic E-state index is 12.5. The Morgan fingerprint density at radius 2 is 2.04 bits per heavy atom. The lowest BCUT2D eigenvalue weighted by atomic mass is 9.99. The molecule has 1 fully saturated rings. The van der Waals surface area contributed by atoms with E-state index in [-0.39, 0.29) is 5.78 Å². The molecule has 0 radical (unpaired) electrons. The first-order valence-corrected chi connectivity index (χ1v) is 9.55. The fourth-order valence-electron chi connectivity index (χ4n) is 3.60. The van der Waals surface area contributed by atoms with E-state index in [1.165, 1.54) is 12.8 Å². The van der Waals surface area contributed by atoms with E-state index in [1.54, 1.807) is 17.1 Å². The number of rotatable bonds is 5. The summed E-state index contributed by atoms with van der Waals surface area (Å²) < 4.78 is 1.76. The van der Waals surface area contributed by atoms with E-state index in [1.807, 2.05) is 31.4 Å². The van der Waals surface area contributed by atoms with Crippen LogP contribution in [-0.4, -0.2) is 50.1 Å². The Hall–Kier alpha value is -2.60. The average molecular weight is 363 g/mol. The van der Waals surface area contributed by atoms with Gasteiger partial charge in [0.15, 0.2) is 5.78 Å². The summed E-state index contributed by atoms with van der Waals surface area (Å²) in [6.45, 7) is 4.85. The van der Waals surface area contributed by atoms with Crippen molar-refractivity contribution in [2.75, 3.05) is 19.6 Å². The molecule has 27 heavy (non-hydrogen) atoms. The summed E-state index contributed by atoms with van der Waals surface area (Å²) in [5, 5.41) is 5.18. The predicted molar refractivity (Wildman–Crippen MR) is 105 cm³/mol. The number of hydrogen-bond donors (Lipinski definition) is 0. The van der Waals surface area contributed by atoms with Crippen LogP contribution in [0, 0.1) is 5.92 Å². The van der Waals surface area contributed by atoms with Gasteiger partial charge in [-0.2, -0.15) is 5.10 Å². The number of ketones is 1. The summed E-state index contributed by atoms with van der Waals surface area (Å²) in [6.07, 6.45) is 8.28. The van der Waals surface area contributed by atoms with Crippen molar-refractivity contribution >= 4 is 16.7 Å². The van der Waals surface area contributed by atoms with E-state index in [0.717, 1.165) is 46.9 Å². The number of aromatic nitrogens is 4. The zero-order valence-corrected chi connectivity index (χ0v) is 15.9. The molecule has 0 amide bonds. The second kappa shape index (κ2) is 7.56. The van der Waals surface area contributed by atoms with Gasteiger partial charge >= 0.3 is 0 Å². The number of Topliss-reactive ketones (excluding diaryl/α,β-unsaturated/α-hetero) is 1. The number of likely N-dealkylation sites (tertiary alicyclic amines) is 1. The monoisotopic (exact) mass is 363 g/mol. The first-order chi connectivity index (χ1) is 13.1. The van der Waals surface area contributed by atoms with Crippen LogP contribution in [0.4, 0.5) is 0 Å². The number of aryl methyl sites for hydroxylation is 1. The third-order valence-electron chi connectivity index (χ3n) is 5.29. The van der Waals surface area contributed by atoms with Crippen LogP contribution in [0.1, 0.15) is 25.5 Å². The maximum Gasteiger partial charge on any atom is 0.152 e. The molecule has 1 saturated heterocycles. The molecule has 1 aliphatic heterocycles. The lowest BCUT2D eigenvalue weighted by Crippen LogP contribution is -2.37. The average Bonchev–Trinajstić information content (AvgIpc) is 3.09. The van der Waals surface area contributed by atoms with Gasteiger partial charge in [0.05, 0.1) is 30.4 Å². The van der Waals surface area contributed by atoms with E-state index in [4.69, 9.17) is 4.98 Å². The second-order valence-corrected chi connectivity index (χ2v) is 7.64. The van der Waals surface area contributed by atoms with Crippen LogP contribution in [0.15, 0.2) is 36.8 Å². The van der Waals surface area contributed by atoms with Crippen LogP contribution in [0.5, 0.6) is 0 Å². The van der Waals surface area contributed by atoms with Gasteiger partial charge in [0, 0.05) is 36.1 Å². The number of carbonyl (C=O) groups is 1. The molecule has 0 saturated carbocycles. The molecular formula is C21H25N5O. The zero-order chi connectivity index (χ0) is 18.8. The highest BCUT2D eigenvalue weighted by atomic mass is 16.1. The molecule has 0 aliphatic carbocycles. The topological polar surface area (TPSA) is 63.9 Å². The van der Waals surface area contributed by atoms with Crippen molar-refractivity contribution in [1.29, 1.82) is 0 Å². The van der Waals surface area contributed by atoms with Gasteiger partial charge in [0.2, 0.25) is 0 Å².